The predicted molar refractivity (Wildman–Crippen MR) is 78.5 cm³/mol. The molecule has 0 aliphatic heterocycles. The number of aryl methyl sites for hydroxylation is 1. The predicted octanol–water partition coefficient (Wildman–Crippen LogP) is 2.80. The quantitative estimate of drug-likeness (QED) is 0.775. The molecule has 0 aromatic heterocycles. The number of hydrogen-bond donors (Lipinski definition) is 2. The summed E-state index contributed by atoms with van der Waals surface area (Å²) in [5.74, 6) is 0.813. The number of halogens is 2. The molecular formula is C14H21F2NO2S. The van der Waals surface area contributed by atoms with Gasteiger partial charge in [0.05, 0.1) is 5.60 Å². The molecule has 0 amide bonds. The molecule has 3 nitrogen and oxygen atoms in total. The van der Waals surface area contributed by atoms with E-state index in [-0.39, 0.29) is 5.75 Å². The van der Waals surface area contributed by atoms with Crippen molar-refractivity contribution in [3.8, 4) is 5.75 Å². The summed E-state index contributed by atoms with van der Waals surface area (Å²) in [6.45, 7) is 1.38. The SMILES string of the molecule is CSCC(C)(O)CNCc1cccc(C)c1OC(F)F. The Kier molecular flexibility index (Phi) is 6.71. The fourth-order valence-corrected chi connectivity index (χ4v) is 2.66. The average Bonchev–Trinajstić information content (AvgIpc) is 2.32. The van der Waals surface area contributed by atoms with Crippen molar-refractivity contribution in [2.24, 2.45) is 0 Å². The topological polar surface area (TPSA) is 41.5 Å². The molecule has 1 aromatic rings. The highest BCUT2D eigenvalue weighted by Crippen LogP contribution is 2.25. The second-order valence-electron chi connectivity index (χ2n) is 4.98. The molecule has 2 N–H and O–H groups in total. The lowest BCUT2D eigenvalue weighted by atomic mass is 10.1. The van der Waals surface area contributed by atoms with E-state index in [0.29, 0.717) is 30.0 Å². The molecule has 20 heavy (non-hydrogen) atoms. The number of alkyl halides is 2. The summed E-state index contributed by atoms with van der Waals surface area (Å²) >= 11 is 1.55. The third-order valence-corrected chi connectivity index (χ3v) is 3.69. The van der Waals surface area contributed by atoms with Gasteiger partial charge in [0.25, 0.3) is 0 Å². The van der Waals surface area contributed by atoms with E-state index in [0.717, 1.165) is 0 Å². The van der Waals surface area contributed by atoms with Crippen LogP contribution in [0.4, 0.5) is 8.78 Å². The first-order valence-corrected chi connectivity index (χ1v) is 7.70. The smallest absolute Gasteiger partial charge is 0.387 e. The Morgan fingerprint density at radius 3 is 2.75 bits per heavy atom. The Labute approximate surface area is 122 Å². The number of aliphatic hydroxyl groups is 1. The van der Waals surface area contributed by atoms with Crippen molar-refractivity contribution in [1.29, 1.82) is 0 Å². The van der Waals surface area contributed by atoms with Gasteiger partial charge >= 0.3 is 6.61 Å². The van der Waals surface area contributed by atoms with Crippen molar-refractivity contribution in [3.63, 3.8) is 0 Å². The number of ether oxygens (including phenoxy) is 1. The van der Waals surface area contributed by atoms with E-state index < -0.39 is 12.2 Å². The molecule has 0 saturated heterocycles. The molecule has 0 spiro atoms. The van der Waals surface area contributed by atoms with Gasteiger partial charge in [-0.25, -0.2) is 0 Å². The maximum atomic E-state index is 12.4. The van der Waals surface area contributed by atoms with Gasteiger partial charge in [-0.3, -0.25) is 0 Å². The normalized spacial score (nSPS) is 14.3. The maximum Gasteiger partial charge on any atom is 0.387 e. The monoisotopic (exact) mass is 305 g/mol. The van der Waals surface area contributed by atoms with Crippen LogP contribution in [0, 0.1) is 6.92 Å². The minimum absolute atomic E-state index is 0.208. The molecular weight excluding hydrogens is 284 g/mol. The third-order valence-electron chi connectivity index (χ3n) is 2.78. The number of para-hydroxylation sites is 1. The molecule has 0 saturated carbocycles. The van der Waals surface area contributed by atoms with Crippen LogP contribution in [0.3, 0.4) is 0 Å². The summed E-state index contributed by atoms with van der Waals surface area (Å²) in [7, 11) is 0. The summed E-state index contributed by atoms with van der Waals surface area (Å²) < 4.78 is 29.4. The molecule has 1 atom stereocenters. The zero-order valence-electron chi connectivity index (χ0n) is 12.0. The number of nitrogens with one attached hydrogen (secondary N) is 1. The first-order chi connectivity index (χ1) is 9.35. The first-order valence-electron chi connectivity index (χ1n) is 6.31. The summed E-state index contributed by atoms with van der Waals surface area (Å²) in [4.78, 5) is 0. The van der Waals surface area contributed by atoms with Crippen molar-refractivity contribution in [3.05, 3.63) is 29.3 Å². The lowest BCUT2D eigenvalue weighted by Crippen LogP contribution is -2.39. The molecule has 1 aromatic carbocycles. The van der Waals surface area contributed by atoms with Crippen molar-refractivity contribution >= 4 is 11.8 Å². The van der Waals surface area contributed by atoms with E-state index in [2.05, 4.69) is 10.1 Å². The molecule has 0 fully saturated rings. The van der Waals surface area contributed by atoms with Gasteiger partial charge < -0.3 is 15.2 Å². The van der Waals surface area contributed by atoms with Crippen LogP contribution >= 0.6 is 11.8 Å². The van der Waals surface area contributed by atoms with Crippen molar-refractivity contribution in [1.82, 2.24) is 5.32 Å². The maximum absolute atomic E-state index is 12.4. The van der Waals surface area contributed by atoms with Crippen molar-refractivity contribution in [2.45, 2.75) is 32.6 Å². The van der Waals surface area contributed by atoms with Crippen molar-refractivity contribution in [2.75, 3.05) is 18.6 Å². The van der Waals surface area contributed by atoms with E-state index in [1.165, 1.54) is 0 Å². The zero-order chi connectivity index (χ0) is 15.2. The number of benzene rings is 1. The average molecular weight is 305 g/mol. The second kappa shape index (κ2) is 7.81. The van der Waals surface area contributed by atoms with Gasteiger partial charge in [0, 0.05) is 24.4 Å². The highest BCUT2D eigenvalue weighted by molar-refractivity contribution is 7.98. The molecule has 0 heterocycles. The largest absolute Gasteiger partial charge is 0.434 e. The van der Waals surface area contributed by atoms with Crippen LogP contribution in [0.15, 0.2) is 18.2 Å². The van der Waals surface area contributed by atoms with Crippen LogP contribution in [-0.4, -0.2) is 35.9 Å². The number of hydrogen-bond acceptors (Lipinski definition) is 4. The van der Waals surface area contributed by atoms with E-state index in [1.54, 1.807) is 43.8 Å². The van der Waals surface area contributed by atoms with Gasteiger partial charge in [0.15, 0.2) is 0 Å². The number of thioether (sulfide) groups is 1. The van der Waals surface area contributed by atoms with Crippen LogP contribution in [0.5, 0.6) is 5.75 Å². The van der Waals surface area contributed by atoms with E-state index in [4.69, 9.17) is 0 Å². The Bertz CT molecular complexity index is 428. The molecule has 0 bridgehead atoms. The van der Waals surface area contributed by atoms with E-state index in [9.17, 15) is 13.9 Å². The molecule has 1 rings (SSSR count). The van der Waals surface area contributed by atoms with E-state index >= 15 is 0 Å². The lowest BCUT2D eigenvalue weighted by Gasteiger charge is -2.23. The summed E-state index contributed by atoms with van der Waals surface area (Å²) in [5, 5.41) is 13.1. The fraction of sp³-hybridized carbons (Fsp3) is 0.571. The van der Waals surface area contributed by atoms with E-state index in [1.807, 2.05) is 6.26 Å². The van der Waals surface area contributed by atoms with Gasteiger partial charge in [-0.1, -0.05) is 18.2 Å². The molecule has 0 radical (unpaired) electrons. The zero-order valence-corrected chi connectivity index (χ0v) is 12.8. The Morgan fingerprint density at radius 2 is 2.15 bits per heavy atom. The van der Waals surface area contributed by atoms with Crippen molar-refractivity contribution < 1.29 is 18.6 Å². The fourth-order valence-electron chi connectivity index (χ4n) is 1.94. The molecule has 0 aliphatic carbocycles. The van der Waals surface area contributed by atoms with Gasteiger partial charge in [0.2, 0.25) is 0 Å². The standard InChI is InChI=1S/C14H21F2NO2S/c1-10-5-4-6-11(12(10)19-13(15)16)7-17-8-14(2,18)9-20-3/h4-6,13,17-18H,7-9H2,1-3H3. The Balaban J connectivity index is 2.66. The highest BCUT2D eigenvalue weighted by atomic mass is 32.2. The molecule has 1 unspecified atom stereocenters. The van der Waals surface area contributed by atoms with Gasteiger partial charge in [0.1, 0.15) is 5.75 Å². The first kappa shape index (κ1) is 17.2. The Morgan fingerprint density at radius 1 is 1.45 bits per heavy atom. The van der Waals surface area contributed by atoms with Crippen LogP contribution in [-0.2, 0) is 6.54 Å². The summed E-state index contributed by atoms with van der Waals surface area (Å²) in [6.07, 6.45) is 1.92. The second-order valence-corrected chi connectivity index (χ2v) is 5.84. The van der Waals surface area contributed by atoms with Gasteiger partial charge in [-0.15, -0.1) is 0 Å². The van der Waals surface area contributed by atoms with Crippen LogP contribution in [0.25, 0.3) is 0 Å². The molecule has 114 valence electrons. The van der Waals surface area contributed by atoms with Crippen LogP contribution in [0.1, 0.15) is 18.1 Å². The Hall–Kier alpha value is -0.850. The van der Waals surface area contributed by atoms with Crippen LogP contribution < -0.4 is 10.1 Å². The van der Waals surface area contributed by atoms with Gasteiger partial charge in [-0.05, 0) is 25.7 Å². The minimum Gasteiger partial charge on any atom is -0.434 e. The third kappa shape index (κ3) is 5.64. The number of rotatable bonds is 8. The minimum atomic E-state index is -2.84. The molecule has 6 heteroatoms. The molecule has 0 aliphatic rings. The van der Waals surface area contributed by atoms with Gasteiger partial charge in [-0.2, -0.15) is 20.5 Å². The lowest BCUT2D eigenvalue weighted by molar-refractivity contribution is -0.0510. The summed E-state index contributed by atoms with van der Waals surface area (Å²) in [6, 6.07) is 5.26. The highest BCUT2D eigenvalue weighted by Gasteiger charge is 2.19. The van der Waals surface area contributed by atoms with Crippen LogP contribution in [0.2, 0.25) is 0 Å². The summed E-state index contributed by atoms with van der Waals surface area (Å²) in [5.41, 5.74) is 0.498.